The van der Waals surface area contributed by atoms with E-state index in [-0.39, 0.29) is 0 Å². The first-order valence-corrected chi connectivity index (χ1v) is 6.32. The van der Waals surface area contributed by atoms with Gasteiger partial charge in [-0.15, -0.1) is 0 Å². The fourth-order valence-electron chi connectivity index (χ4n) is 1.35. The molecule has 88 valence electrons. The van der Waals surface area contributed by atoms with E-state index in [1.807, 2.05) is 36.5 Å². The lowest BCUT2D eigenvalue weighted by molar-refractivity contribution is 1.08. The lowest BCUT2D eigenvalue weighted by atomic mass is 10.3. The Kier molecular flexibility index (Phi) is 4.21. The Labute approximate surface area is 104 Å². The van der Waals surface area contributed by atoms with Crippen molar-refractivity contribution in [1.82, 2.24) is 9.97 Å². The highest BCUT2D eigenvalue weighted by Gasteiger charge is 1.97. The van der Waals surface area contributed by atoms with Crippen molar-refractivity contribution in [2.45, 2.75) is 6.42 Å². The lowest BCUT2D eigenvalue weighted by Gasteiger charge is -2.00. The van der Waals surface area contributed by atoms with Gasteiger partial charge in [0, 0.05) is 17.6 Å². The number of aliphatic imine (C=N–C) groups is 1. The molecule has 0 aliphatic carbocycles. The monoisotopic (exact) mass is 246 g/mol. The van der Waals surface area contributed by atoms with Crippen LogP contribution >= 0.6 is 11.8 Å². The van der Waals surface area contributed by atoms with Crippen LogP contribution in [0.15, 0.2) is 47.8 Å². The zero-order chi connectivity index (χ0) is 11.9. The minimum atomic E-state index is 0.593. The van der Waals surface area contributed by atoms with Crippen molar-refractivity contribution in [3.05, 3.63) is 48.5 Å². The second-order valence-electron chi connectivity index (χ2n) is 3.46. The molecule has 17 heavy (non-hydrogen) atoms. The van der Waals surface area contributed by atoms with Gasteiger partial charge in [0.25, 0.3) is 0 Å². The van der Waals surface area contributed by atoms with Crippen LogP contribution in [0.2, 0.25) is 0 Å². The average Bonchev–Trinajstić information content (AvgIpc) is 2.83. The third-order valence-corrected chi connectivity index (χ3v) is 2.97. The van der Waals surface area contributed by atoms with Crippen LogP contribution in [-0.2, 0) is 6.42 Å². The first kappa shape index (κ1) is 11.7. The predicted octanol–water partition coefficient (Wildman–Crippen LogP) is 2.33. The number of aryl methyl sites for hydroxylation is 1. The number of hydrogen-bond acceptors (Lipinski definition) is 3. The summed E-state index contributed by atoms with van der Waals surface area (Å²) >= 11 is 1.55. The predicted molar refractivity (Wildman–Crippen MR) is 72.5 cm³/mol. The van der Waals surface area contributed by atoms with Crippen molar-refractivity contribution in [1.29, 1.82) is 0 Å². The maximum Gasteiger partial charge on any atom is 0.159 e. The Balaban J connectivity index is 1.81. The molecule has 5 heteroatoms. The second-order valence-corrected chi connectivity index (χ2v) is 4.58. The molecule has 3 N–H and O–H groups in total. The normalized spacial score (nSPS) is 11.6. The van der Waals surface area contributed by atoms with Gasteiger partial charge >= 0.3 is 0 Å². The van der Waals surface area contributed by atoms with Crippen LogP contribution in [0, 0.1) is 0 Å². The van der Waals surface area contributed by atoms with Crippen LogP contribution in [-0.4, -0.2) is 20.9 Å². The highest BCUT2D eigenvalue weighted by molar-refractivity contribution is 8.13. The third kappa shape index (κ3) is 3.96. The topological polar surface area (TPSA) is 67.1 Å². The number of nitrogens with one attached hydrogen (secondary N) is 1. The Hall–Kier alpha value is -1.75. The summed E-state index contributed by atoms with van der Waals surface area (Å²) in [5.41, 5.74) is 7.84. The van der Waals surface area contributed by atoms with Crippen molar-refractivity contribution < 1.29 is 0 Å². The van der Waals surface area contributed by atoms with Gasteiger partial charge in [0.15, 0.2) is 5.17 Å². The third-order valence-electron chi connectivity index (χ3n) is 2.17. The molecule has 1 heterocycles. The van der Waals surface area contributed by atoms with Gasteiger partial charge in [0.2, 0.25) is 0 Å². The van der Waals surface area contributed by atoms with Crippen LogP contribution in [0.4, 0.5) is 5.69 Å². The number of aromatic nitrogens is 2. The summed E-state index contributed by atoms with van der Waals surface area (Å²) in [4.78, 5) is 11.3. The summed E-state index contributed by atoms with van der Waals surface area (Å²) < 4.78 is 0. The number of aromatic amines is 1. The average molecular weight is 246 g/mol. The number of amidine groups is 1. The summed E-state index contributed by atoms with van der Waals surface area (Å²) in [6.45, 7) is 0. The molecule has 0 bridgehead atoms. The smallest absolute Gasteiger partial charge is 0.159 e. The number of imidazole rings is 1. The molecule has 1 aromatic carbocycles. The van der Waals surface area contributed by atoms with Gasteiger partial charge < -0.3 is 10.7 Å². The van der Waals surface area contributed by atoms with Gasteiger partial charge in [-0.3, -0.25) is 0 Å². The highest BCUT2D eigenvalue weighted by atomic mass is 32.2. The molecular weight excluding hydrogens is 232 g/mol. The molecule has 0 amide bonds. The summed E-state index contributed by atoms with van der Waals surface area (Å²) in [6.07, 6.45) is 4.42. The fraction of sp³-hybridized carbons (Fsp3) is 0.167. The van der Waals surface area contributed by atoms with Gasteiger partial charge in [-0.1, -0.05) is 30.0 Å². The summed E-state index contributed by atoms with van der Waals surface area (Å²) in [6, 6.07) is 9.72. The van der Waals surface area contributed by atoms with Crippen molar-refractivity contribution >= 4 is 22.6 Å². The van der Waals surface area contributed by atoms with Crippen LogP contribution in [0.5, 0.6) is 0 Å². The van der Waals surface area contributed by atoms with Crippen LogP contribution in [0.3, 0.4) is 0 Å². The van der Waals surface area contributed by atoms with E-state index in [0.29, 0.717) is 5.17 Å². The van der Waals surface area contributed by atoms with E-state index < -0.39 is 0 Å². The number of hydrogen-bond donors (Lipinski definition) is 2. The Morgan fingerprint density at radius 2 is 2.18 bits per heavy atom. The summed E-state index contributed by atoms with van der Waals surface area (Å²) in [5.74, 6) is 0.893. The molecule has 1 aromatic heterocycles. The molecule has 0 unspecified atom stereocenters. The number of nitrogens with two attached hydrogens (primary N) is 1. The molecular formula is C12H14N4S. The molecule has 2 aromatic rings. The van der Waals surface area contributed by atoms with Crippen molar-refractivity contribution in [3.8, 4) is 0 Å². The van der Waals surface area contributed by atoms with E-state index in [1.165, 1.54) is 0 Å². The van der Waals surface area contributed by atoms with E-state index in [0.717, 1.165) is 23.6 Å². The first-order valence-electron chi connectivity index (χ1n) is 5.34. The van der Waals surface area contributed by atoms with E-state index >= 15 is 0 Å². The van der Waals surface area contributed by atoms with Crippen LogP contribution in [0.25, 0.3) is 0 Å². The largest absolute Gasteiger partial charge is 0.378 e. The fourth-order valence-corrected chi connectivity index (χ4v) is 2.05. The standard InChI is InChI=1S/C12H14N4S/c13-12(16-10-4-2-1-3-5-10)17-7-6-11-8-14-9-15-11/h1-5,8-9H,6-7H2,(H2,13,16)(H,14,15). The van der Waals surface area contributed by atoms with Gasteiger partial charge in [-0.2, -0.15) is 0 Å². The molecule has 2 rings (SSSR count). The van der Waals surface area contributed by atoms with Gasteiger partial charge in [0.1, 0.15) is 0 Å². The molecule has 0 fully saturated rings. The van der Waals surface area contributed by atoms with Gasteiger partial charge in [-0.25, -0.2) is 9.98 Å². The molecule has 0 atom stereocenters. The van der Waals surface area contributed by atoms with Crippen molar-refractivity contribution in [2.24, 2.45) is 10.7 Å². The zero-order valence-electron chi connectivity index (χ0n) is 9.34. The second kappa shape index (κ2) is 6.10. The van der Waals surface area contributed by atoms with Crippen molar-refractivity contribution in [2.75, 3.05) is 5.75 Å². The minimum absolute atomic E-state index is 0.593. The van der Waals surface area contributed by atoms with E-state index in [2.05, 4.69) is 15.0 Å². The molecule has 4 nitrogen and oxygen atoms in total. The van der Waals surface area contributed by atoms with Crippen LogP contribution < -0.4 is 5.73 Å². The molecule has 0 saturated heterocycles. The summed E-state index contributed by atoms with van der Waals surface area (Å²) in [7, 11) is 0. The Bertz CT molecular complexity index is 465. The van der Waals surface area contributed by atoms with E-state index in [1.54, 1.807) is 18.1 Å². The Morgan fingerprint density at radius 1 is 1.35 bits per heavy atom. The molecule has 0 aliphatic heterocycles. The van der Waals surface area contributed by atoms with Gasteiger partial charge in [0.05, 0.1) is 12.0 Å². The minimum Gasteiger partial charge on any atom is -0.378 e. The number of thioether (sulfide) groups is 1. The van der Waals surface area contributed by atoms with Crippen LogP contribution in [0.1, 0.15) is 5.69 Å². The number of benzene rings is 1. The van der Waals surface area contributed by atoms with E-state index in [4.69, 9.17) is 5.73 Å². The lowest BCUT2D eigenvalue weighted by Crippen LogP contribution is -2.07. The maximum absolute atomic E-state index is 5.83. The Morgan fingerprint density at radius 3 is 2.88 bits per heavy atom. The maximum atomic E-state index is 5.83. The van der Waals surface area contributed by atoms with Crippen molar-refractivity contribution in [3.63, 3.8) is 0 Å². The number of rotatable bonds is 4. The van der Waals surface area contributed by atoms with E-state index in [9.17, 15) is 0 Å². The van der Waals surface area contributed by atoms with Gasteiger partial charge in [-0.05, 0) is 18.6 Å². The quantitative estimate of drug-likeness (QED) is 0.642. The first-order chi connectivity index (χ1) is 8.34. The number of H-pyrrole nitrogens is 1. The zero-order valence-corrected chi connectivity index (χ0v) is 10.2. The number of nitrogens with zero attached hydrogens (tertiary/aromatic N) is 2. The number of para-hydroxylation sites is 1. The molecule has 0 aliphatic rings. The molecule has 0 radical (unpaired) electrons. The summed E-state index contributed by atoms with van der Waals surface area (Å²) in [5, 5.41) is 0.593. The molecule has 0 spiro atoms. The SMILES string of the molecule is NC(=Nc1ccccc1)SCCc1cnc[nH]1. The highest BCUT2D eigenvalue weighted by Crippen LogP contribution is 2.13. The molecule has 0 saturated carbocycles.